The Bertz CT molecular complexity index is 527. The Morgan fingerprint density at radius 1 is 1.35 bits per heavy atom. The maximum Gasteiger partial charge on any atom is 0.155 e. The molecule has 2 heterocycles. The molecule has 17 heavy (non-hydrogen) atoms. The van der Waals surface area contributed by atoms with E-state index in [1.54, 1.807) is 0 Å². The second-order valence-corrected chi connectivity index (χ2v) is 4.89. The van der Waals surface area contributed by atoms with E-state index in [-0.39, 0.29) is 0 Å². The third-order valence-corrected chi connectivity index (χ3v) is 3.39. The number of aromatic nitrogens is 3. The second-order valence-electron chi connectivity index (χ2n) is 4.89. The van der Waals surface area contributed by atoms with Crippen molar-refractivity contribution < 1.29 is 0 Å². The summed E-state index contributed by atoms with van der Waals surface area (Å²) < 4.78 is 2.26. The monoisotopic (exact) mass is 232 g/mol. The number of fused-ring (bicyclic) bond motifs is 1. The Labute approximate surface area is 102 Å². The summed E-state index contributed by atoms with van der Waals surface area (Å²) in [7, 11) is 0. The lowest BCUT2D eigenvalue weighted by Crippen LogP contribution is -2.02. The van der Waals surface area contributed by atoms with Crippen LogP contribution in [0.3, 0.4) is 0 Å². The van der Waals surface area contributed by atoms with Gasteiger partial charge in [0.15, 0.2) is 5.82 Å². The molecule has 2 aromatic heterocycles. The lowest BCUT2D eigenvalue weighted by Gasteiger charge is -2.12. The zero-order valence-corrected chi connectivity index (χ0v) is 10.9. The third-order valence-electron chi connectivity index (χ3n) is 3.39. The van der Waals surface area contributed by atoms with Gasteiger partial charge in [0.2, 0.25) is 0 Å². The van der Waals surface area contributed by atoms with Crippen LogP contribution >= 0.6 is 0 Å². The van der Waals surface area contributed by atoms with E-state index in [2.05, 4.69) is 48.7 Å². The number of nitrogens with two attached hydrogens (primary N) is 1. The van der Waals surface area contributed by atoms with Gasteiger partial charge < -0.3 is 10.3 Å². The predicted octanol–water partition coefficient (Wildman–Crippen LogP) is 3.11. The molecule has 0 fully saturated rings. The number of nitrogens with zero attached hydrogens (tertiary/aromatic N) is 3. The molecule has 0 aromatic carbocycles. The number of hydrogen-bond acceptors (Lipinski definition) is 3. The first kappa shape index (κ1) is 11.9. The molecule has 0 amide bonds. The first-order valence-corrected chi connectivity index (χ1v) is 6.17. The molecule has 2 aromatic rings. The number of anilines is 1. The lowest BCUT2D eigenvalue weighted by atomic mass is 10.0. The van der Waals surface area contributed by atoms with Gasteiger partial charge in [-0.2, -0.15) is 5.10 Å². The molecular formula is C13H20N4. The molecule has 0 saturated heterocycles. The van der Waals surface area contributed by atoms with Crippen LogP contribution in [-0.4, -0.2) is 14.8 Å². The van der Waals surface area contributed by atoms with E-state index in [1.807, 2.05) is 6.20 Å². The molecule has 4 nitrogen and oxygen atoms in total. The van der Waals surface area contributed by atoms with Crippen molar-refractivity contribution in [2.45, 2.75) is 46.1 Å². The highest BCUT2D eigenvalue weighted by atomic mass is 15.1. The Balaban J connectivity index is 2.75. The maximum absolute atomic E-state index is 5.96. The normalized spacial score (nSPS) is 13.5. The average Bonchev–Trinajstić information content (AvgIpc) is 2.69. The summed E-state index contributed by atoms with van der Waals surface area (Å²) in [6.45, 7) is 8.74. The van der Waals surface area contributed by atoms with Gasteiger partial charge in [0.1, 0.15) is 0 Å². The Kier molecular flexibility index (Phi) is 3.05. The molecule has 0 bridgehead atoms. The van der Waals surface area contributed by atoms with E-state index in [0.717, 1.165) is 17.3 Å². The van der Waals surface area contributed by atoms with Gasteiger partial charge in [-0.25, -0.2) is 0 Å². The summed E-state index contributed by atoms with van der Waals surface area (Å²) in [6.07, 6.45) is 5.09. The molecule has 2 rings (SSSR count). The summed E-state index contributed by atoms with van der Waals surface area (Å²) in [5.74, 6) is 0.975. The maximum atomic E-state index is 5.96. The minimum absolute atomic E-state index is 0.439. The van der Waals surface area contributed by atoms with E-state index >= 15 is 0 Å². The standard InChI is InChI=1S/C13H20N4/c1-5-9(4)17-7-10(8(2)3)12-11(17)6-15-16-13(12)14/h6-9H,5H2,1-4H3,(H2,14,16). The third kappa shape index (κ3) is 1.88. The molecule has 0 spiro atoms. The molecule has 2 N–H and O–H groups in total. The van der Waals surface area contributed by atoms with Gasteiger partial charge in [-0.05, 0) is 24.8 Å². The number of nitrogen functional groups attached to an aromatic ring is 1. The molecule has 1 atom stereocenters. The molecular weight excluding hydrogens is 212 g/mol. The van der Waals surface area contributed by atoms with E-state index in [0.29, 0.717) is 17.8 Å². The minimum Gasteiger partial charge on any atom is -0.382 e. The molecule has 0 aliphatic rings. The van der Waals surface area contributed by atoms with Crippen LogP contribution in [-0.2, 0) is 0 Å². The van der Waals surface area contributed by atoms with Crippen molar-refractivity contribution in [3.63, 3.8) is 0 Å². The Morgan fingerprint density at radius 3 is 2.65 bits per heavy atom. The largest absolute Gasteiger partial charge is 0.382 e. The summed E-state index contributed by atoms with van der Waals surface area (Å²) in [6, 6.07) is 0.452. The fourth-order valence-corrected chi connectivity index (χ4v) is 2.17. The molecule has 4 heteroatoms. The van der Waals surface area contributed by atoms with Crippen molar-refractivity contribution in [2.75, 3.05) is 5.73 Å². The van der Waals surface area contributed by atoms with Gasteiger partial charge in [0.25, 0.3) is 0 Å². The quantitative estimate of drug-likeness (QED) is 0.884. The fourth-order valence-electron chi connectivity index (χ4n) is 2.17. The van der Waals surface area contributed by atoms with Crippen LogP contribution < -0.4 is 5.73 Å². The van der Waals surface area contributed by atoms with E-state index < -0.39 is 0 Å². The van der Waals surface area contributed by atoms with Gasteiger partial charge in [-0.15, -0.1) is 5.10 Å². The van der Waals surface area contributed by atoms with Crippen molar-refractivity contribution in [3.05, 3.63) is 18.0 Å². The van der Waals surface area contributed by atoms with Crippen LogP contribution in [0.25, 0.3) is 10.9 Å². The van der Waals surface area contributed by atoms with Crippen LogP contribution in [0, 0.1) is 0 Å². The molecule has 92 valence electrons. The van der Waals surface area contributed by atoms with Crippen LogP contribution in [0.2, 0.25) is 0 Å². The van der Waals surface area contributed by atoms with Gasteiger partial charge in [-0.3, -0.25) is 0 Å². The topological polar surface area (TPSA) is 56.7 Å². The zero-order chi connectivity index (χ0) is 12.6. The van der Waals surface area contributed by atoms with Crippen molar-refractivity contribution in [3.8, 4) is 0 Å². The summed E-state index contributed by atoms with van der Waals surface area (Å²) in [5.41, 5.74) is 8.31. The van der Waals surface area contributed by atoms with E-state index in [4.69, 9.17) is 5.73 Å². The minimum atomic E-state index is 0.439. The van der Waals surface area contributed by atoms with Gasteiger partial charge in [-0.1, -0.05) is 20.8 Å². The van der Waals surface area contributed by atoms with Gasteiger partial charge >= 0.3 is 0 Å². The molecule has 1 unspecified atom stereocenters. The summed E-state index contributed by atoms with van der Waals surface area (Å²) >= 11 is 0. The molecule has 0 radical (unpaired) electrons. The van der Waals surface area contributed by atoms with Crippen LogP contribution in [0.4, 0.5) is 5.82 Å². The molecule has 0 saturated carbocycles. The summed E-state index contributed by atoms with van der Waals surface area (Å²) in [4.78, 5) is 0. The smallest absolute Gasteiger partial charge is 0.155 e. The molecule has 0 aliphatic heterocycles. The highest BCUT2D eigenvalue weighted by molar-refractivity contribution is 5.92. The Hall–Kier alpha value is -1.58. The lowest BCUT2D eigenvalue weighted by molar-refractivity contribution is 0.545. The Morgan fingerprint density at radius 2 is 2.06 bits per heavy atom. The molecule has 0 aliphatic carbocycles. The summed E-state index contributed by atoms with van der Waals surface area (Å²) in [5, 5.41) is 8.99. The first-order valence-electron chi connectivity index (χ1n) is 6.17. The van der Waals surface area contributed by atoms with Gasteiger partial charge in [0, 0.05) is 17.6 Å². The van der Waals surface area contributed by atoms with Crippen molar-refractivity contribution >= 4 is 16.7 Å². The van der Waals surface area contributed by atoms with Crippen molar-refractivity contribution in [2.24, 2.45) is 0 Å². The SMILES string of the molecule is CCC(C)n1cc(C(C)C)c2c(N)nncc21. The predicted molar refractivity (Wildman–Crippen MR) is 71.0 cm³/mol. The van der Waals surface area contributed by atoms with Crippen LogP contribution in [0.1, 0.15) is 51.6 Å². The highest BCUT2D eigenvalue weighted by Crippen LogP contribution is 2.32. The van der Waals surface area contributed by atoms with Gasteiger partial charge in [0.05, 0.1) is 11.7 Å². The zero-order valence-electron chi connectivity index (χ0n) is 10.9. The number of hydrogen-bond donors (Lipinski definition) is 1. The average molecular weight is 232 g/mol. The van der Waals surface area contributed by atoms with E-state index in [9.17, 15) is 0 Å². The van der Waals surface area contributed by atoms with Crippen molar-refractivity contribution in [1.29, 1.82) is 0 Å². The van der Waals surface area contributed by atoms with Crippen molar-refractivity contribution in [1.82, 2.24) is 14.8 Å². The van der Waals surface area contributed by atoms with Crippen LogP contribution in [0.15, 0.2) is 12.4 Å². The number of rotatable bonds is 3. The van der Waals surface area contributed by atoms with E-state index in [1.165, 1.54) is 5.56 Å². The van der Waals surface area contributed by atoms with Crippen LogP contribution in [0.5, 0.6) is 0 Å². The highest BCUT2D eigenvalue weighted by Gasteiger charge is 2.16. The fraction of sp³-hybridized carbons (Fsp3) is 0.538. The first-order chi connectivity index (χ1) is 8.06. The second kappa shape index (κ2) is 4.35.